The Kier molecular flexibility index (Phi) is 5.33. The zero-order valence-corrected chi connectivity index (χ0v) is 9.68. The summed E-state index contributed by atoms with van der Waals surface area (Å²) in [6.07, 6.45) is 3.33. The predicted molar refractivity (Wildman–Crippen MR) is 61.4 cm³/mol. The molecule has 1 aliphatic rings. The van der Waals surface area contributed by atoms with Crippen molar-refractivity contribution in [1.29, 1.82) is 0 Å². The highest BCUT2D eigenvalue weighted by Crippen LogP contribution is 2.11. The summed E-state index contributed by atoms with van der Waals surface area (Å²) in [6, 6.07) is 0.242. The van der Waals surface area contributed by atoms with Gasteiger partial charge in [-0.15, -0.1) is 0 Å². The molecule has 82 valence electrons. The summed E-state index contributed by atoms with van der Waals surface area (Å²) in [5.41, 5.74) is 5.77. The minimum absolute atomic E-state index is 0.242. The van der Waals surface area contributed by atoms with Crippen LogP contribution in [0.25, 0.3) is 0 Å². The molecule has 1 aliphatic heterocycles. The maximum absolute atomic E-state index is 11.6. The van der Waals surface area contributed by atoms with Gasteiger partial charge in [-0.1, -0.05) is 6.92 Å². The Bertz CT molecular complexity index is 181. The van der Waals surface area contributed by atoms with Gasteiger partial charge in [0.15, 0.2) is 0 Å². The smallest absolute Gasteiger partial charge is 0.232 e. The molecule has 1 fully saturated rings. The van der Waals surface area contributed by atoms with Crippen molar-refractivity contribution in [3.63, 3.8) is 0 Å². The van der Waals surface area contributed by atoms with Gasteiger partial charge in [-0.3, -0.25) is 4.79 Å². The highest BCUT2D eigenvalue weighted by atomic mass is 32.2. The van der Waals surface area contributed by atoms with Crippen molar-refractivity contribution >= 4 is 17.7 Å². The average molecular weight is 216 g/mol. The van der Waals surface area contributed by atoms with Crippen LogP contribution >= 0.6 is 11.8 Å². The summed E-state index contributed by atoms with van der Waals surface area (Å²) in [6.45, 7) is 3.99. The summed E-state index contributed by atoms with van der Waals surface area (Å²) >= 11 is 1.66. The molecular weight excluding hydrogens is 196 g/mol. The van der Waals surface area contributed by atoms with E-state index in [0.29, 0.717) is 5.75 Å². The van der Waals surface area contributed by atoms with Crippen LogP contribution in [0.4, 0.5) is 0 Å². The molecule has 1 rings (SSSR count). The zero-order chi connectivity index (χ0) is 10.4. The molecule has 0 spiro atoms. The summed E-state index contributed by atoms with van der Waals surface area (Å²) < 4.78 is 0. The van der Waals surface area contributed by atoms with Gasteiger partial charge >= 0.3 is 0 Å². The second-order valence-corrected chi connectivity index (χ2v) is 4.80. The molecule has 0 aliphatic carbocycles. The lowest BCUT2D eigenvalue weighted by molar-refractivity contribution is -0.127. The monoisotopic (exact) mass is 216 g/mol. The standard InChI is InChI=1S/C10H20N2OS/c1-2-9(11)7-14-8-10(13)12-5-3-4-6-12/h9H,2-8,11H2,1H3. The van der Waals surface area contributed by atoms with Gasteiger partial charge in [-0.25, -0.2) is 0 Å². The molecule has 4 heteroatoms. The number of nitrogens with two attached hydrogens (primary N) is 1. The maximum Gasteiger partial charge on any atom is 0.232 e. The van der Waals surface area contributed by atoms with Crippen LogP contribution in [0.5, 0.6) is 0 Å². The van der Waals surface area contributed by atoms with E-state index in [1.54, 1.807) is 11.8 Å². The van der Waals surface area contributed by atoms with Gasteiger partial charge in [-0.2, -0.15) is 11.8 Å². The predicted octanol–water partition coefficient (Wildman–Crippen LogP) is 1.08. The van der Waals surface area contributed by atoms with Crippen molar-refractivity contribution in [3.05, 3.63) is 0 Å². The fraction of sp³-hybridized carbons (Fsp3) is 0.900. The minimum atomic E-state index is 0.242. The molecule has 0 bridgehead atoms. The third-order valence-electron chi connectivity index (χ3n) is 2.54. The summed E-state index contributed by atoms with van der Waals surface area (Å²) in [7, 11) is 0. The summed E-state index contributed by atoms with van der Waals surface area (Å²) in [4.78, 5) is 13.5. The van der Waals surface area contributed by atoms with E-state index in [0.717, 1.165) is 25.3 Å². The Hall–Kier alpha value is -0.220. The number of amides is 1. The number of likely N-dealkylation sites (tertiary alicyclic amines) is 1. The molecule has 14 heavy (non-hydrogen) atoms. The van der Waals surface area contributed by atoms with E-state index in [1.807, 2.05) is 4.90 Å². The van der Waals surface area contributed by atoms with Gasteiger partial charge in [0.2, 0.25) is 5.91 Å². The van der Waals surface area contributed by atoms with Crippen LogP contribution in [-0.4, -0.2) is 41.4 Å². The third-order valence-corrected chi connectivity index (χ3v) is 3.66. The molecule has 1 unspecified atom stereocenters. The summed E-state index contributed by atoms with van der Waals surface area (Å²) in [5, 5.41) is 0. The minimum Gasteiger partial charge on any atom is -0.342 e. The third kappa shape index (κ3) is 3.88. The number of hydrogen-bond acceptors (Lipinski definition) is 3. The quantitative estimate of drug-likeness (QED) is 0.748. The van der Waals surface area contributed by atoms with Crippen molar-refractivity contribution in [1.82, 2.24) is 4.90 Å². The van der Waals surface area contributed by atoms with Gasteiger partial charge < -0.3 is 10.6 Å². The summed E-state index contributed by atoms with van der Waals surface area (Å²) in [5.74, 6) is 1.79. The van der Waals surface area contributed by atoms with E-state index in [9.17, 15) is 4.79 Å². The van der Waals surface area contributed by atoms with Crippen LogP contribution in [0, 0.1) is 0 Å². The SMILES string of the molecule is CCC(N)CSCC(=O)N1CCCC1. The molecule has 1 amide bonds. The first kappa shape index (κ1) is 11.9. The van der Waals surface area contributed by atoms with Gasteiger partial charge in [0.1, 0.15) is 0 Å². The van der Waals surface area contributed by atoms with E-state index in [-0.39, 0.29) is 11.9 Å². The van der Waals surface area contributed by atoms with E-state index in [2.05, 4.69) is 6.92 Å². The van der Waals surface area contributed by atoms with E-state index < -0.39 is 0 Å². The molecule has 0 saturated carbocycles. The van der Waals surface area contributed by atoms with E-state index >= 15 is 0 Å². The number of carbonyl (C=O) groups excluding carboxylic acids is 1. The van der Waals surface area contributed by atoms with Crippen molar-refractivity contribution in [2.45, 2.75) is 32.2 Å². The van der Waals surface area contributed by atoms with Gasteiger partial charge in [0.05, 0.1) is 5.75 Å². The lowest BCUT2D eigenvalue weighted by Gasteiger charge is -2.15. The fourth-order valence-electron chi connectivity index (χ4n) is 1.47. The van der Waals surface area contributed by atoms with E-state index in [1.165, 1.54) is 12.8 Å². The highest BCUT2D eigenvalue weighted by molar-refractivity contribution is 7.99. The Labute approximate surface area is 90.4 Å². The van der Waals surface area contributed by atoms with Crippen molar-refractivity contribution < 1.29 is 4.79 Å². The fourth-order valence-corrected chi connectivity index (χ4v) is 2.49. The number of thioether (sulfide) groups is 1. The second kappa shape index (κ2) is 6.30. The first-order chi connectivity index (χ1) is 6.74. The highest BCUT2D eigenvalue weighted by Gasteiger charge is 2.17. The van der Waals surface area contributed by atoms with Gasteiger partial charge in [0.25, 0.3) is 0 Å². The van der Waals surface area contributed by atoms with Crippen molar-refractivity contribution in [2.24, 2.45) is 5.73 Å². The van der Waals surface area contributed by atoms with Crippen LogP contribution < -0.4 is 5.73 Å². The Morgan fingerprint density at radius 2 is 2.14 bits per heavy atom. The number of nitrogens with zero attached hydrogens (tertiary/aromatic N) is 1. The lowest BCUT2D eigenvalue weighted by Crippen LogP contribution is -2.30. The molecule has 1 atom stereocenters. The van der Waals surface area contributed by atoms with Crippen molar-refractivity contribution in [2.75, 3.05) is 24.6 Å². The van der Waals surface area contributed by atoms with Crippen LogP contribution in [0.2, 0.25) is 0 Å². The Morgan fingerprint density at radius 1 is 1.50 bits per heavy atom. The molecule has 2 N–H and O–H groups in total. The molecular formula is C10H20N2OS. The van der Waals surface area contributed by atoms with E-state index in [4.69, 9.17) is 5.73 Å². The molecule has 1 saturated heterocycles. The van der Waals surface area contributed by atoms with Gasteiger partial charge in [0, 0.05) is 24.9 Å². The normalized spacial score (nSPS) is 18.6. The Balaban J connectivity index is 2.08. The molecule has 3 nitrogen and oxygen atoms in total. The molecule has 0 aromatic carbocycles. The van der Waals surface area contributed by atoms with Crippen LogP contribution in [0.1, 0.15) is 26.2 Å². The topological polar surface area (TPSA) is 46.3 Å². The van der Waals surface area contributed by atoms with Crippen LogP contribution in [-0.2, 0) is 4.79 Å². The number of hydrogen-bond donors (Lipinski definition) is 1. The second-order valence-electron chi connectivity index (χ2n) is 3.77. The number of carbonyl (C=O) groups is 1. The first-order valence-corrected chi connectivity index (χ1v) is 6.50. The molecule has 0 radical (unpaired) electrons. The maximum atomic E-state index is 11.6. The zero-order valence-electron chi connectivity index (χ0n) is 8.87. The van der Waals surface area contributed by atoms with Gasteiger partial charge in [-0.05, 0) is 19.3 Å². The molecule has 0 aromatic heterocycles. The largest absolute Gasteiger partial charge is 0.342 e. The van der Waals surface area contributed by atoms with Crippen molar-refractivity contribution in [3.8, 4) is 0 Å². The average Bonchev–Trinajstić information content (AvgIpc) is 2.70. The number of rotatable bonds is 5. The molecule has 1 heterocycles. The van der Waals surface area contributed by atoms with Crippen LogP contribution in [0.15, 0.2) is 0 Å². The first-order valence-electron chi connectivity index (χ1n) is 5.35. The Morgan fingerprint density at radius 3 is 2.71 bits per heavy atom. The van der Waals surface area contributed by atoms with Crippen LogP contribution in [0.3, 0.4) is 0 Å². The molecule has 0 aromatic rings. The lowest BCUT2D eigenvalue weighted by atomic mass is 10.3.